The van der Waals surface area contributed by atoms with E-state index in [1.807, 2.05) is 101 Å². The summed E-state index contributed by atoms with van der Waals surface area (Å²) in [7, 11) is -4.22. The Morgan fingerprint density at radius 1 is 0.625 bits per heavy atom. The van der Waals surface area contributed by atoms with Gasteiger partial charge in [-0.3, -0.25) is 0 Å². The summed E-state index contributed by atoms with van der Waals surface area (Å²) in [6.45, 7) is 15.4. The van der Waals surface area contributed by atoms with Gasteiger partial charge in [0.1, 0.15) is 0 Å². The number of rotatable bonds is 6. The van der Waals surface area contributed by atoms with Gasteiger partial charge in [-0.25, -0.2) is 9.59 Å². The standard InChI is InChI=1S/2C13H18O2Si/c2*1-5-11(2)13(14)15-16(3,4)12-9-7-6-8-10-12/h2*5-10H,1-4H3. The maximum absolute atomic E-state index is 11.7. The molecule has 4 nitrogen and oxygen atoms in total. The zero-order valence-corrected chi connectivity index (χ0v) is 22.6. The van der Waals surface area contributed by atoms with Crippen LogP contribution in [0, 0.1) is 0 Å². The van der Waals surface area contributed by atoms with Crippen LogP contribution >= 0.6 is 0 Å². The number of carbonyl (C=O) groups is 2. The SMILES string of the molecule is CC=C(C)C(=O)O[Si](C)(C)c1ccccc1.CC=C(C)C(=O)O[Si](C)(C)c1ccccc1. The second kappa shape index (κ2) is 12.4. The fourth-order valence-corrected chi connectivity index (χ4v) is 6.13. The molecule has 0 aromatic heterocycles. The molecule has 0 N–H and O–H groups in total. The minimum atomic E-state index is -2.11. The Morgan fingerprint density at radius 3 is 1.16 bits per heavy atom. The lowest BCUT2D eigenvalue weighted by atomic mass is 10.3. The summed E-state index contributed by atoms with van der Waals surface area (Å²) in [6, 6.07) is 19.9. The fourth-order valence-electron chi connectivity index (χ4n) is 2.66. The van der Waals surface area contributed by atoms with Crippen molar-refractivity contribution in [2.24, 2.45) is 0 Å². The molecule has 0 saturated heterocycles. The minimum Gasteiger partial charge on any atom is -0.512 e. The van der Waals surface area contributed by atoms with Crippen LogP contribution in [0.25, 0.3) is 0 Å². The van der Waals surface area contributed by atoms with Gasteiger partial charge in [-0.1, -0.05) is 72.8 Å². The fraction of sp³-hybridized carbons (Fsp3) is 0.308. The summed E-state index contributed by atoms with van der Waals surface area (Å²) >= 11 is 0. The quantitative estimate of drug-likeness (QED) is 0.431. The molecule has 2 aromatic carbocycles. The zero-order valence-electron chi connectivity index (χ0n) is 20.6. The normalized spacial score (nSPS) is 12.4. The van der Waals surface area contributed by atoms with Crippen molar-refractivity contribution in [2.75, 3.05) is 0 Å². The van der Waals surface area contributed by atoms with E-state index in [1.165, 1.54) is 0 Å². The van der Waals surface area contributed by atoms with Gasteiger partial charge in [0.25, 0.3) is 16.6 Å². The highest BCUT2D eigenvalue weighted by atomic mass is 28.4. The topological polar surface area (TPSA) is 52.6 Å². The summed E-state index contributed by atoms with van der Waals surface area (Å²) in [4.78, 5) is 23.4. The van der Waals surface area contributed by atoms with E-state index in [4.69, 9.17) is 8.85 Å². The highest BCUT2D eigenvalue weighted by molar-refractivity contribution is 6.86. The van der Waals surface area contributed by atoms with Crippen LogP contribution < -0.4 is 10.4 Å². The molecule has 172 valence electrons. The van der Waals surface area contributed by atoms with E-state index in [0.29, 0.717) is 11.1 Å². The van der Waals surface area contributed by atoms with Gasteiger partial charge in [0.15, 0.2) is 0 Å². The van der Waals surface area contributed by atoms with Crippen molar-refractivity contribution in [3.8, 4) is 0 Å². The Balaban J connectivity index is 0.000000320. The van der Waals surface area contributed by atoms with E-state index in [0.717, 1.165) is 10.4 Å². The van der Waals surface area contributed by atoms with E-state index in [2.05, 4.69) is 0 Å². The maximum Gasteiger partial charge on any atom is 0.320 e. The molecule has 0 heterocycles. The third-order valence-electron chi connectivity index (χ3n) is 5.14. The molecule has 0 radical (unpaired) electrons. The smallest absolute Gasteiger partial charge is 0.320 e. The third kappa shape index (κ3) is 8.44. The molecule has 0 aliphatic heterocycles. The average molecular weight is 469 g/mol. The first kappa shape index (κ1) is 27.3. The molecule has 0 atom stereocenters. The summed E-state index contributed by atoms with van der Waals surface area (Å²) in [5.74, 6) is -0.411. The van der Waals surface area contributed by atoms with Crippen LogP contribution in [-0.4, -0.2) is 28.6 Å². The van der Waals surface area contributed by atoms with Gasteiger partial charge >= 0.3 is 11.9 Å². The predicted molar refractivity (Wildman–Crippen MR) is 138 cm³/mol. The average Bonchev–Trinajstić information content (AvgIpc) is 2.78. The molecule has 0 saturated carbocycles. The Morgan fingerprint density at radius 2 is 0.906 bits per heavy atom. The highest BCUT2D eigenvalue weighted by Crippen LogP contribution is 2.10. The monoisotopic (exact) mass is 468 g/mol. The summed E-state index contributed by atoms with van der Waals surface area (Å²) in [5, 5.41) is 2.26. The van der Waals surface area contributed by atoms with Crippen LogP contribution in [0.3, 0.4) is 0 Å². The highest BCUT2D eigenvalue weighted by Gasteiger charge is 2.30. The Bertz CT molecular complexity index is 867. The van der Waals surface area contributed by atoms with E-state index in [-0.39, 0.29) is 11.9 Å². The van der Waals surface area contributed by atoms with Crippen molar-refractivity contribution >= 4 is 38.9 Å². The summed E-state index contributed by atoms with van der Waals surface area (Å²) < 4.78 is 11.2. The lowest BCUT2D eigenvalue weighted by molar-refractivity contribution is -0.131. The number of carbonyl (C=O) groups excluding carboxylic acids is 2. The summed E-state index contributed by atoms with van der Waals surface area (Å²) in [6.07, 6.45) is 3.55. The van der Waals surface area contributed by atoms with Gasteiger partial charge in [-0.05, 0) is 64.3 Å². The molecule has 0 unspecified atom stereocenters. The van der Waals surface area contributed by atoms with Crippen molar-refractivity contribution in [1.29, 1.82) is 0 Å². The van der Waals surface area contributed by atoms with E-state index >= 15 is 0 Å². The first-order valence-corrected chi connectivity index (χ1v) is 16.6. The van der Waals surface area contributed by atoms with Gasteiger partial charge in [0.2, 0.25) is 0 Å². The number of allylic oxidation sites excluding steroid dienone is 2. The van der Waals surface area contributed by atoms with Crippen LogP contribution in [-0.2, 0) is 18.4 Å². The lowest BCUT2D eigenvalue weighted by Crippen LogP contribution is -2.46. The van der Waals surface area contributed by atoms with E-state index < -0.39 is 16.6 Å². The Hall–Kier alpha value is -2.71. The molecule has 0 fully saturated rings. The van der Waals surface area contributed by atoms with Crippen LogP contribution in [0.1, 0.15) is 27.7 Å². The van der Waals surface area contributed by atoms with Crippen molar-refractivity contribution in [3.63, 3.8) is 0 Å². The Kier molecular flexibility index (Phi) is 10.6. The van der Waals surface area contributed by atoms with Gasteiger partial charge in [-0.15, -0.1) is 0 Å². The van der Waals surface area contributed by atoms with Crippen LogP contribution in [0.2, 0.25) is 26.2 Å². The van der Waals surface area contributed by atoms with Gasteiger partial charge in [0, 0.05) is 11.1 Å². The first-order valence-electron chi connectivity index (χ1n) is 10.8. The first-order chi connectivity index (χ1) is 14.9. The second-order valence-electron chi connectivity index (χ2n) is 8.48. The molecule has 0 bridgehead atoms. The largest absolute Gasteiger partial charge is 0.512 e. The zero-order chi connectivity index (χ0) is 24.4. The van der Waals surface area contributed by atoms with Crippen molar-refractivity contribution in [1.82, 2.24) is 0 Å². The molecular weight excluding hydrogens is 432 g/mol. The van der Waals surface area contributed by atoms with Gasteiger partial charge in [0.05, 0.1) is 0 Å². The molecule has 0 aliphatic carbocycles. The van der Waals surface area contributed by atoms with Crippen molar-refractivity contribution in [3.05, 3.63) is 84.0 Å². The molecule has 0 amide bonds. The molecule has 32 heavy (non-hydrogen) atoms. The van der Waals surface area contributed by atoms with Crippen molar-refractivity contribution in [2.45, 2.75) is 53.9 Å². The molecule has 2 aromatic rings. The number of hydrogen-bond donors (Lipinski definition) is 0. The van der Waals surface area contributed by atoms with Crippen LogP contribution in [0.15, 0.2) is 84.0 Å². The van der Waals surface area contributed by atoms with Gasteiger partial charge < -0.3 is 8.85 Å². The number of hydrogen-bond acceptors (Lipinski definition) is 4. The van der Waals surface area contributed by atoms with Crippen LogP contribution in [0.4, 0.5) is 0 Å². The molecule has 0 aliphatic rings. The molecule has 0 spiro atoms. The second-order valence-corrected chi connectivity index (χ2v) is 16.1. The van der Waals surface area contributed by atoms with Gasteiger partial charge in [-0.2, -0.15) is 0 Å². The molecule has 6 heteroatoms. The van der Waals surface area contributed by atoms with Crippen LogP contribution in [0.5, 0.6) is 0 Å². The number of benzene rings is 2. The van der Waals surface area contributed by atoms with E-state index in [9.17, 15) is 9.59 Å². The third-order valence-corrected chi connectivity index (χ3v) is 9.98. The summed E-state index contributed by atoms with van der Waals surface area (Å²) in [5.41, 5.74) is 1.33. The molecule has 2 rings (SSSR count). The lowest BCUT2D eigenvalue weighted by Gasteiger charge is -2.23. The van der Waals surface area contributed by atoms with E-state index in [1.54, 1.807) is 26.0 Å². The minimum absolute atomic E-state index is 0.206. The van der Waals surface area contributed by atoms with Crippen molar-refractivity contribution < 1.29 is 18.4 Å². The Labute approximate surface area is 195 Å². The predicted octanol–water partition coefficient (Wildman–Crippen LogP) is 5.22. The molecular formula is C26H36O4Si2. The maximum atomic E-state index is 11.7.